The maximum Gasteiger partial charge on any atom is 0.407 e. The molecule has 3 aromatic rings. The van der Waals surface area contributed by atoms with E-state index in [1.165, 1.54) is 6.08 Å². The number of carbonyl (C=O) groups is 1. The number of benzene rings is 3. The minimum absolute atomic E-state index is 0.0147. The van der Waals surface area contributed by atoms with Gasteiger partial charge in [0.1, 0.15) is 6.61 Å². The normalized spacial score (nSPS) is 20.6. The van der Waals surface area contributed by atoms with Crippen LogP contribution in [0.25, 0.3) is 0 Å². The van der Waals surface area contributed by atoms with Crippen LogP contribution < -0.4 is 10.2 Å². The van der Waals surface area contributed by atoms with Gasteiger partial charge in [0.25, 0.3) is 5.69 Å². The second kappa shape index (κ2) is 14.9. The van der Waals surface area contributed by atoms with Crippen molar-refractivity contribution >= 4 is 17.5 Å². The monoisotopic (exact) mass is 602 g/mol. The van der Waals surface area contributed by atoms with Gasteiger partial charge in [-0.15, -0.1) is 0 Å². The number of nitro benzene ring substituents is 1. The zero-order valence-electron chi connectivity index (χ0n) is 24.5. The van der Waals surface area contributed by atoms with Gasteiger partial charge in [0, 0.05) is 69.1 Å². The Hall–Kier alpha value is -4.29. The van der Waals surface area contributed by atoms with E-state index in [9.17, 15) is 20.0 Å². The van der Waals surface area contributed by atoms with Crippen LogP contribution in [-0.2, 0) is 27.4 Å². The van der Waals surface area contributed by atoms with Crippen molar-refractivity contribution in [2.75, 3.05) is 44.2 Å². The number of aliphatic hydroxyl groups is 1. The van der Waals surface area contributed by atoms with Crippen molar-refractivity contribution in [2.24, 2.45) is 0 Å². The molecular weight excluding hydrogens is 564 g/mol. The predicted molar refractivity (Wildman–Crippen MR) is 165 cm³/mol. The zero-order valence-corrected chi connectivity index (χ0v) is 24.5. The fourth-order valence-corrected chi connectivity index (χ4v) is 5.45. The molecule has 0 bridgehead atoms. The average Bonchev–Trinajstić information content (AvgIpc) is 3.07. The lowest BCUT2D eigenvalue weighted by molar-refractivity contribution is -0.384. The largest absolute Gasteiger partial charge is 0.445 e. The number of aliphatic hydroxyl groups excluding tert-OH is 1. The third kappa shape index (κ3) is 8.20. The van der Waals surface area contributed by atoms with E-state index in [-0.39, 0.29) is 36.0 Å². The third-order valence-electron chi connectivity index (χ3n) is 7.90. The molecule has 2 fully saturated rings. The van der Waals surface area contributed by atoms with Gasteiger partial charge in [-0.25, -0.2) is 4.79 Å². The number of anilines is 1. The highest BCUT2D eigenvalue weighted by atomic mass is 16.7. The summed E-state index contributed by atoms with van der Waals surface area (Å²) in [4.78, 5) is 27.0. The summed E-state index contributed by atoms with van der Waals surface area (Å²) < 4.78 is 18.0. The van der Waals surface area contributed by atoms with Crippen molar-refractivity contribution in [3.63, 3.8) is 0 Å². The molecule has 3 aromatic carbocycles. The molecule has 2 heterocycles. The summed E-state index contributed by atoms with van der Waals surface area (Å²) in [5.74, 6) is 0. The number of piperazine rings is 1. The first-order chi connectivity index (χ1) is 21.4. The number of nitro groups is 1. The first-order valence-corrected chi connectivity index (χ1v) is 14.7. The van der Waals surface area contributed by atoms with Gasteiger partial charge in [0.2, 0.25) is 0 Å². The lowest BCUT2D eigenvalue weighted by atomic mass is 9.99. The van der Waals surface area contributed by atoms with E-state index in [1.54, 1.807) is 12.1 Å². The summed E-state index contributed by atoms with van der Waals surface area (Å²) in [5, 5.41) is 23.2. The zero-order chi connectivity index (χ0) is 30.9. The summed E-state index contributed by atoms with van der Waals surface area (Å²) in [6.45, 7) is 8.06. The number of ether oxygens (including phenoxy) is 3. The highest BCUT2D eigenvalue weighted by Crippen LogP contribution is 2.38. The minimum atomic E-state index is -0.572. The molecule has 44 heavy (non-hydrogen) atoms. The lowest BCUT2D eigenvalue weighted by Gasteiger charge is -2.41. The van der Waals surface area contributed by atoms with Crippen LogP contribution in [0, 0.1) is 10.1 Å². The van der Waals surface area contributed by atoms with Crippen molar-refractivity contribution in [3.05, 3.63) is 118 Å². The molecular formula is C33H38N4O7. The Morgan fingerprint density at radius 2 is 1.64 bits per heavy atom. The summed E-state index contributed by atoms with van der Waals surface area (Å²) in [5.41, 5.74) is 4.75. The predicted octanol–water partition coefficient (Wildman–Crippen LogP) is 4.87. The molecule has 1 amide bonds. The van der Waals surface area contributed by atoms with Crippen molar-refractivity contribution in [1.82, 2.24) is 10.2 Å². The quantitative estimate of drug-likeness (QED) is 0.180. The molecule has 0 aliphatic carbocycles. The van der Waals surface area contributed by atoms with Gasteiger partial charge in [-0.1, -0.05) is 61.2 Å². The van der Waals surface area contributed by atoms with Crippen LogP contribution in [-0.4, -0.2) is 66.5 Å². The Kier molecular flexibility index (Phi) is 10.6. The molecule has 0 radical (unpaired) electrons. The summed E-state index contributed by atoms with van der Waals surface area (Å²) in [6.07, 6.45) is 0.863. The number of hydrogen-bond donors (Lipinski definition) is 2. The van der Waals surface area contributed by atoms with Crippen LogP contribution in [0.3, 0.4) is 0 Å². The SMILES string of the molecule is C=CCOC(=O)NCc1ccc([C@@H]2O[C@H](CN3CCN(c4ccc([N+](=O)[O-])cc4)CC3)C[C@H](c3ccc(CO)cc3)O2)cc1. The van der Waals surface area contributed by atoms with Gasteiger partial charge < -0.3 is 29.5 Å². The molecule has 0 spiro atoms. The van der Waals surface area contributed by atoms with Crippen molar-refractivity contribution in [3.8, 4) is 0 Å². The summed E-state index contributed by atoms with van der Waals surface area (Å²) >= 11 is 0. The topological polar surface area (TPSA) is 127 Å². The van der Waals surface area contributed by atoms with Crippen molar-refractivity contribution in [1.29, 1.82) is 0 Å². The highest BCUT2D eigenvalue weighted by molar-refractivity contribution is 5.67. The molecule has 11 heteroatoms. The maximum atomic E-state index is 11.8. The number of nitrogens with one attached hydrogen (secondary N) is 1. The van der Waals surface area contributed by atoms with E-state index < -0.39 is 12.4 Å². The van der Waals surface area contributed by atoms with Gasteiger partial charge in [-0.05, 0) is 28.8 Å². The van der Waals surface area contributed by atoms with Crippen LogP contribution in [0.15, 0.2) is 85.5 Å². The van der Waals surface area contributed by atoms with E-state index in [1.807, 2.05) is 60.7 Å². The standard InChI is InChI=1S/C33H38N4O7/c1-2-19-42-33(39)34-21-24-3-9-27(10-4-24)32-43-30(20-31(44-32)26-7-5-25(23-38)6-8-26)22-35-15-17-36(18-16-35)28-11-13-29(14-12-28)37(40)41/h2-14,30-32,38H,1,15-23H2,(H,34,39)/t30-,31+,32+/m0/s1. The second-order valence-electron chi connectivity index (χ2n) is 10.9. The van der Waals surface area contributed by atoms with Gasteiger partial charge in [-0.3, -0.25) is 15.0 Å². The molecule has 5 rings (SSSR count). The van der Waals surface area contributed by atoms with Gasteiger partial charge >= 0.3 is 6.09 Å². The Balaban J connectivity index is 1.23. The Morgan fingerprint density at radius 1 is 0.977 bits per heavy atom. The van der Waals surface area contributed by atoms with Crippen LogP contribution in [0.5, 0.6) is 0 Å². The maximum absolute atomic E-state index is 11.8. The molecule has 2 aliphatic heterocycles. The third-order valence-corrected chi connectivity index (χ3v) is 7.90. The molecule has 2 saturated heterocycles. The number of alkyl carbamates (subject to hydrolysis) is 1. The second-order valence-corrected chi connectivity index (χ2v) is 10.9. The first-order valence-electron chi connectivity index (χ1n) is 14.7. The molecule has 2 aliphatic rings. The van der Waals surface area contributed by atoms with Crippen LogP contribution in [0.2, 0.25) is 0 Å². The number of nitrogens with zero attached hydrogens (tertiary/aromatic N) is 3. The number of carbonyl (C=O) groups excluding carboxylic acids is 1. The smallest absolute Gasteiger partial charge is 0.407 e. The number of non-ortho nitro benzene ring substituents is 1. The summed E-state index contributed by atoms with van der Waals surface area (Å²) in [7, 11) is 0. The lowest BCUT2D eigenvalue weighted by Crippen LogP contribution is -2.49. The summed E-state index contributed by atoms with van der Waals surface area (Å²) in [6, 6.07) is 22.3. The Labute approximate surface area is 256 Å². The number of hydrogen-bond acceptors (Lipinski definition) is 9. The van der Waals surface area contributed by atoms with Crippen LogP contribution in [0.4, 0.5) is 16.2 Å². The van der Waals surface area contributed by atoms with Crippen LogP contribution in [0.1, 0.15) is 41.1 Å². The van der Waals surface area contributed by atoms with Crippen molar-refractivity contribution in [2.45, 2.75) is 38.1 Å². The molecule has 3 atom stereocenters. The fraction of sp³-hybridized carbons (Fsp3) is 0.364. The molecule has 232 valence electrons. The fourth-order valence-electron chi connectivity index (χ4n) is 5.45. The van der Waals surface area contributed by atoms with Crippen molar-refractivity contribution < 1.29 is 29.0 Å². The molecule has 2 N–H and O–H groups in total. The number of rotatable bonds is 11. The molecule has 0 aromatic heterocycles. The van der Waals surface area contributed by atoms with Gasteiger partial charge in [0.15, 0.2) is 6.29 Å². The minimum Gasteiger partial charge on any atom is -0.445 e. The Bertz CT molecular complexity index is 1390. The molecule has 11 nitrogen and oxygen atoms in total. The average molecular weight is 603 g/mol. The van der Waals surface area contributed by atoms with Gasteiger partial charge in [0.05, 0.1) is 23.7 Å². The number of amides is 1. The Morgan fingerprint density at radius 3 is 2.27 bits per heavy atom. The van der Waals surface area contributed by atoms with E-state index in [2.05, 4.69) is 21.7 Å². The van der Waals surface area contributed by atoms with Gasteiger partial charge in [-0.2, -0.15) is 0 Å². The highest BCUT2D eigenvalue weighted by Gasteiger charge is 2.34. The van der Waals surface area contributed by atoms with E-state index in [0.29, 0.717) is 13.0 Å². The van der Waals surface area contributed by atoms with Crippen LogP contribution >= 0.6 is 0 Å². The van der Waals surface area contributed by atoms with E-state index in [0.717, 1.165) is 60.7 Å². The molecule has 0 saturated carbocycles. The van der Waals surface area contributed by atoms with E-state index >= 15 is 0 Å². The first kappa shape index (κ1) is 31.1. The van der Waals surface area contributed by atoms with E-state index in [4.69, 9.17) is 14.2 Å². The molecule has 0 unspecified atom stereocenters.